The number of imidazole rings is 1. The molecule has 190 valence electrons. The van der Waals surface area contributed by atoms with Gasteiger partial charge in [0.1, 0.15) is 11.3 Å². The second-order valence-corrected chi connectivity index (χ2v) is 12.4. The van der Waals surface area contributed by atoms with Crippen LogP contribution in [0, 0.1) is 5.92 Å². The Labute approximate surface area is 229 Å². The van der Waals surface area contributed by atoms with E-state index < -0.39 is 0 Å². The van der Waals surface area contributed by atoms with E-state index in [0.717, 1.165) is 50.5 Å². The molecule has 0 fully saturated rings. The third-order valence-corrected chi connectivity index (χ3v) is 9.20. The average Bonchev–Trinajstić information content (AvgIpc) is 3.66. The van der Waals surface area contributed by atoms with Crippen molar-refractivity contribution in [1.29, 1.82) is 0 Å². The Kier molecular flexibility index (Phi) is 4.77. The van der Waals surface area contributed by atoms with Gasteiger partial charge in [-0.15, -0.1) is 11.3 Å². The molecule has 0 amide bonds. The molecule has 0 saturated carbocycles. The summed E-state index contributed by atoms with van der Waals surface area (Å²) >= 11 is 1.86. The summed E-state index contributed by atoms with van der Waals surface area (Å²) < 4.78 is 2.61. The van der Waals surface area contributed by atoms with Gasteiger partial charge in [-0.05, 0) is 52.3 Å². The van der Waals surface area contributed by atoms with Gasteiger partial charge in [0.05, 0.1) is 17.4 Å². The molecule has 8 rings (SSSR count). The maximum atomic E-state index is 4.94. The minimum Gasteiger partial charge on any atom is -0.285 e. The van der Waals surface area contributed by atoms with Crippen LogP contribution < -0.4 is 0 Å². The third-order valence-electron chi connectivity index (χ3n) is 8.09. The Bertz CT molecular complexity index is 2160. The highest BCUT2D eigenvalue weighted by molar-refractivity contribution is 7.25. The van der Waals surface area contributed by atoms with Crippen LogP contribution >= 0.6 is 11.3 Å². The zero-order chi connectivity index (χ0) is 26.4. The summed E-state index contributed by atoms with van der Waals surface area (Å²) in [6.07, 6.45) is 4.82. The molecule has 0 aliphatic carbocycles. The fraction of sp³-hybridized carbons (Fsp3) is 0.212. The summed E-state index contributed by atoms with van der Waals surface area (Å²) in [7, 11) is 0. The molecule has 5 nitrogen and oxygen atoms in total. The number of hydrogen-bond donors (Lipinski definition) is 1. The number of H-pyrrole nitrogens is 1. The first-order valence-electron chi connectivity index (χ1n) is 13.6. The van der Waals surface area contributed by atoms with Crippen molar-refractivity contribution >= 4 is 75.5 Å². The SMILES string of the molecule is CC(C)C1=Nc2cc3sc4cc(-c5ccc6c(c5)c5c[nH]ncc5c5nc(C(C)C)nc65)ccc4c3cc2C1. The summed E-state index contributed by atoms with van der Waals surface area (Å²) in [5.74, 6) is 1.63. The Morgan fingerprint density at radius 2 is 1.46 bits per heavy atom. The van der Waals surface area contributed by atoms with E-state index in [1.165, 1.54) is 42.6 Å². The van der Waals surface area contributed by atoms with Crippen molar-refractivity contribution in [3.05, 3.63) is 72.3 Å². The van der Waals surface area contributed by atoms with Gasteiger partial charge in [0.15, 0.2) is 0 Å². The summed E-state index contributed by atoms with van der Waals surface area (Å²) in [5.41, 5.74) is 8.08. The molecule has 4 heterocycles. The molecule has 0 atom stereocenters. The lowest BCUT2D eigenvalue weighted by Crippen LogP contribution is -2.06. The van der Waals surface area contributed by atoms with Crippen LogP contribution in [0.5, 0.6) is 0 Å². The lowest BCUT2D eigenvalue weighted by Gasteiger charge is -2.08. The van der Waals surface area contributed by atoms with E-state index >= 15 is 0 Å². The smallest absolute Gasteiger partial charge is 0.132 e. The van der Waals surface area contributed by atoms with Crippen molar-refractivity contribution < 1.29 is 0 Å². The van der Waals surface area contributed by atoms with E-state index in [1.807, 2.05) is 23.7 Å². The lowest BCUT2D eigenvalue weighted by atomic mass is 9.96. The first-order chi connectivity index (χ1) is 18.9. The Morgan fingerprint density at radius 3 is 2.26 bits per heavy atom. The lowest BCUT2D eigenvalue weighted by molar-refractivity contribution is 0.799. The van der Waals surface area contributed by atoms with E-state index in [1.54, 1.807) is 0 Å². The second-order valence-electron chi connectivity index (χ2n) is 11.3. The number of aromatic nitrogens is 4. The van der Waals surface area contributed by atoms with E-state index in [2.05, 4.69) is 86.4 Å². The van der Waals surface area contributed by atoms with Crippen molar-refractivity contribution in [2.24, 2.45) is 10.9 Å². The van der Waals surface area contributed by atoms with E-state index in [0.29, 0.717) is 5.92 Å². The number of nitrogens with one attached hydrogen (secondary N) is 1. The minimum atomic E-state index is 0.267. The van der Waals surface area contributed by atoms with Crippen molar-refractivity contribution in [3.63, 3.8) is 0 Å². The fourth-order valence-corrected chi connectivity index (χ4v) is 7.07. The van der Waals surface area contributed by atoms with Crippen LogP contribution in [0.3, 0.4) is 0 Å². The van der Waals surface area contributed by atoms with E-state index in [-0.39, 0.29) is 5.92 Å². The zero-order valence-electron chi connectivity index (χ0n) is 22.3. The number of thiophene rings is 1. The molecule has 3 aromatic heterocycles. The van der Waals surface area contributed by atoms with Crippen LogP contribution in [-0.2, 0) is 6.42 Å². The monoisotopic (exact) mass is 525 g/mol. The second kappa shape index (κ2) is 8.17. The molecule has 1 N–H and O–H groups in total. The van der Waals surface area contributed by atoms with Gasteiger partial charge in [0, 0.05) is 60.6 Å². The molecule has 0 radical (unpaired) electrons. The molecule has 0 unspecified atom stereocenters. The molecule has 6 heteroatoms. The average molecular weight is 526 g/mol. The molecular weight excluding hydrogens is 498 g/mol. The molecule has 7 aromatic rings. The number of aliphatic imine (C=N–C) groups is 1. The number of benzene rings is 4. The largest absolute Gasteiger partial charge is 0.285 e. The summed E-state index contributed by atoms with van der Waals surface area (Å²) in [4.78, 5) is 14.8. The number of fused-ring (bicyclic) bond motifs is 10. The molecule has 0 bridgehead atoms. The Balaban J connectivity index is 1.30. The van der Waals surface area contributed by atoms with Gasteiger partial charge in [0.2, 0.25) is 0 Å². The van der Waals surface area contributed by atoms with Gasteiger partial charge in [0.25, 0.3) is 0 Å². The van der Waals surface area contributed by atoms with Gasteiger partial charge < -0.3 is 0 Å². The minimum absolute atomic E-state index is 0.267. The van der Waals surface area contributed by atoms with Crippen molar-refractivity contribution in [1.82, 2.24) is 20.2 Å². The predicted molar refractivity (Wildman–Crippen MR) is 165 cm³/mol. The van der Waals surface area contributed by atoms with Gasteiger partial charge in [-0.1, -0.05) is 52.0 Å². The van der Waals surface area contributed by atoms with Crippen LogP contribution in [0.4, 0.5) is 5.69 Å². The topological polar surface area (TPSA) is 66.8 Å². The Morgan fingerprint density at radius 1 is 0.718 bits per heavy atom. The quantitative estimate of drug-likeness (QED) is 0.234. The molecule has 0 spiro atoms. The van der Waals surface area contributed by atoms with E-state index in [9.17, 15) is 0 Å². The number of hydrogen-bond acceptors (Lipinski definition) is 5. The molecule has 1 aliphatic rings. The van der Waals surface area contributed by atoms with Gasteiger partial charge in [-0.25, -0.2) is 9.97 Å². The zero-order valence-corrected chi connectivity index (χ0v) is 23.1. The first-order valence-corrected chi connectivity index (χ1v) is 14.4. The number of nitrogens with zero attached hydrogens (tertiary/aromatic N) is 4. The number of aromatic amines is 1. The standard InChI is InChI=1S/C33H27N5S/c1-16(2)27-11-20-10-24-21-7-5-19(12-29(21)39-30(24)13-28(20)36-27)18-6-8-22-23(9-18)25-14-34-35-15-26(25)32-31(22)37-33(38-32)17(3)4/h5-10,12-17,34H,11H2,1-4H3. The highest BCUT2D eigenvalue weighted by atomic mass is 32.1. The van der Waals surface area contributed by atoms with Crippen LogP contribution in [0.25, 0.3) is 63.9 Å². The first kappa shape index (κ1) is 22.8. The van der Waals surface area contributed by atoms with Crippen LogP contribution in [-0.4, -0.2) is 25.9 Å². The van der Waals surface area contributed by atoms with Gasteiger partial charge in [-0.3, -0.25) is 10.1 Å². The normalized spacial score (nSPS) is 13.6. The Hall–Kier alpha value is -4.16. The van der Waals surface area contributed by atoms with Gasteiger partial charge >= 0.3 is 0 Å². The van der Waals surface area contributed by atoms with Gasteiger partial charge in [-0.2, -0.15) is 5.10 Å². The fourth-order valence-electron chi connectivity index (χ4n) is 5.91. The molecule has 0 saturated heterocycles. The van der Waals surface area contributed by atoms with Crippen LogP contribution in [0.15, 0.2) is 65.9 Å². The van der Waals surface area contributed by atoms with Crippen molar-refractivity contribution in [2.75, 3.05) is 0 Å². The third kappa shape index (κ3) is 3.37. The van der Waals surface area contributed by atoms with Crippen molar-refractivity contribution in [2.45, 2.75) is 40.0 Å². The summed E-state index contributed by atoms with van der Waals surface area (Å²) in [6.45, 7) is 8.73. The molecule has 4 aromatic carbocycles. The maximum Gasteiger partial charge on any atom is 0.132 e. The molecular formula is C33H27N5S. The van der Waals surface area contributed by atoms with Crippen LogP contribution in [0.2, 0.25) is 0 Å². The summed E-state index contributed by atoms with van der Waals surface area (Å²) in [5, 5.41) is 14.4. The highest BCUT2D eigenvalue weighted by Gasteiger charge is 2.20. The molecule has 1 aliphatic heterocycles. The van der Waals surface area contributed by atoms with Crippen LogP contribution in [0.1, 0.15) is 45.0 Å². The molecule has 39 heavy (non-hydrogen) atoms. The number of rotatable bonds is 3. The summed E-state index contributed by atoms with van der Waals surface area (Å²) in [6, 6.07) is 18.2. The predicted octanol–water partition coefficient (Wildman–Crippen LogP) is 9.10. The maximum absolute atomic E-state index is 4.94. The highest BCUT2D eigenvalue weighted by Crippen LogP contribution is 2.42. The van der Waals surface area contributed by atoms with E-state index in [4.69, 9.17) is 15.0 Å². The van der Waals surface area contributed by atoms with Crippen molar-refractivity contribution in [3.8, 4) is 11.1 Å².